The molecule has 0 aromatic rings. The Balaban J connectivity index is 3.75. The first-order valence-corrected chi connectivity index (χ1v) is 5.52. The fourth-order valence-electron chi connectivity index (χ4n) is 0.668. The van der Waals surface area contributed by atoms with Crippen LogP contribution in [-0.2, 0) is 9.53 Å². The molecule has 0 bridgehead atoms. The summed E-state index contributed by atoms with van der Waals surface area (Å²) in [5, 5.41) is 18.2. The first kappa shape index (κ1) is 13.7. The molecule has 2 N–H and O–H groups in total. The van der Waals surface area contributed by atoms with Gasteiger partial charge in [-0.25, -0.2) is 0 Å². The molecule has 0 saturated carbocycles. The van der Waals surface area contributed by atoms with Gasteiger partial charge in [0.25, 0.3) is 0 Å². The molecule has 84 valence electrons. The van der Waals surface area contributed by atoms with Gasteiger partial charge in [0.05, 0.1) is 12.7 Å². The molecule has 0 fully saturated rings. The van der Waals surface area contributed by atoms with E-state index in [0.717, 1.165) is 0 Å². The highest BCUT2D eigenvalue weighted by Crippen LogP contribution is 2.25. The standard InChI is InChI=1S/C9H18O4S/c1-4-13-5-7(10)6-14-9(2,3)8(11)12/h7,10H,4-6H2,1-3H3,(H,11,12). The van der Waals surface area contributed by atoms with Crippen LogP contribution in [0.3, 0.4) is 0 Å². The van der Waals surface area contributed by atoms with Crippen LogP contribution in [0.5, 0.6) is 0 Å². The summed E-state index contributed by atoms with van der Waals surface area (Å²) in [4.78, 5) is 10.7. The van der Waals surface area contributed by atoms with Gasteiger partial charge in [-0.15, -0.1) is 11.8 Å². The van der Waals surface area contributed by atoms with E-state index in [1.54, 1.807) is 13.8 Å². The van der Waals surface area contributed by atoms with Crippen LogP contribution in [0.25, 0.3) is 0 Å². The van der Waals surface area contributed by atoms with E-state index in [1.165, 1.54) is 11.8 Å². The van der Waals surface area contributed by atoms with Crippen molar-refractivity contribution in [1.29, 1.82) is 0 Å². The van der Waals surface area contributed by atoms with E-state index in [9.17, 15) is 9.90 Å². The van der Waals surface area contributed by atoms with Crippen molar-refractivity contribution in [2.45, 2.75) is 31.6 Å². The van der Waals surface area contributed by atoms with Crippen LogP contribution in [0, 0.1) is 0 Å². The fourth-order valence-corrected chi connectivity index (χ4v) is 1.50. The summed E-state index contributed by atoms with van der Waals surface area (Å²) in [5.41, 5.74) is 0. The normalized spacial score (nSPS) is 14.0. The smallest absolute Gasteiger partial charge is 0.319 e. The third-order valence-electron chi connectivity index (χ3n) is 1.67. The minimum atomic E-state index is -0.869. The topological polar surface area (TPSA) is 66.8 Å². The molecule has 0 aromatic carbocycles. The SMILES string of the molecule is CCOCC(O)CSC(C)(C)C(=O)O. The molecule has 4 nitrogen and oxygen atoms in total. The molecule has 0 aliphatic rings. The molecule has 0 spiro atoms. The minimum absolute atomic E-state index is 0.263. The first-order chi connectivity index (χ1) is 6.40. The number of rotatable bonds is 7. The van der Waals surface area contributed by atoms with E-state index in [4.69, 9.17) is 9.84 Å². The van der Waals surface area contributed by atoms with Gasteiger partial charge in [-0.3, -0.25) is 4.79 Å². The zero-order valence-corrected chi connectivity index (χ0v) is 9.63. The lowest BCUT2D eigenvalue weighted by atomic mass is 10.2. The molecule has 0 radical (unpaired) electrons. The highest BCUT2D eigenvalue weighted by Gasteiger charge is 2.28. The molecule has 0 aliphatic heterocycles. The summed E-state index contributed by atoms with van der Waals surface area (Å²) in [6, 6.07) is 0. The van der Waals surface area contributed by atoms with Crippen molar-refractivity contribution >= 4 is 17.7 Å². The van der Waals surface area contributed by atoms with E-state index in [2.05, 4.69) is 0 Å². The van der Waals surface area contributed by atoms with Crippen molar-refractivity contribution in [3.05, 3.63) is 0 Å². The Kier molecular flexibility index (Phi) is 6.15. The molecule has 0 amide bonds. The number of aliphatic carboxylic acids is 1. The van der Waals surface area contributed by atoms with Crippen molar-refractivity contribution < 1.29 is 19.7 Å². The van der Waals surface area contributed by atoms with E-state index in [-0.39, 0.29) is 6.61 Å². The number of hydrogen-bond acceptors (Lipinski definition) is 4. The average molecular weight is 222 g/mol. The number of aliphatic hydroxyl groups excluding tert-OH is 1. The van der Waals surface area contributed by atoms with Crippen LogP contribution in [0.2, 0.25) is 0 Å². The fraction of sp³-hybridized carbons (Fsp3) is 0.889. The van der Waals surface area contributed by atoms with Crippen LogP contribution in [-0.4, -0.2) is 46.0 Å². The Hall–Kier alpha value is -0.260. The maximum atomic E-state index is 10.7. The molecule has 14 heavy (non-hydrogen) atoms. The minimum Gasteiger partial charge on any atom is -0.480 e. The lowest BCUT2D eigenvalue weighted by Crippen LogP contribution is -2.30. The Morgan fingerprint density at radius 3 is 2.57 bits per heavy atom. The van der Waals surface area contributed by atoms with Crippen molar-refractivity contribution in [2.75, 3.05) is 19.0 Å². The zero-order chi connectivity index (χ0) is 11.2. The maximum Gasteiger partial charge on any atom is 0.319 e. The van der Waals surface area contributed by atoms with Gasteiger partial charge in [-0.2, -0.15) is 0 Å². The molecule has 5 heteroatoms. The molecule has 0 saturated heterocycles. The van der Waals surface area contributed by atoms with Gasteiger partial charge in [-0.05, 0) is 20.8 Å². The first-order valence-electron chi connectivity index (χ1n) is 4.53. The summed E-state index contributed by atoms with van der Waals surface area (Å²) in [7, 11) is 0. The quantitative estimate of drug-likeness (QED) is 0.672. The molecule has 0 heterocycles. The van der Waals surface area contributed by atoms with Gasteiger partial charge in [0.1, 0.15) is 4.75 Å². The molecule has 0 rings (SSSR count). The molecule has 1 atom stereocenters. The Labute approximate surface area is 88.6 Å². The van der Waals surface area contributed by atoms with Gasteiger partial charge < -0.3 is 14.9 Å². The molecule has 0 aromatic heterocycles. The van der Waals surface area contributed by atoms with Gasteiger partial charge in [-0.1, -0.05) is 0 Å². The number of carboxylic acid groups (broad SMARTS) is 1. The van der Waals surface area contributed by atoms with Crippen LogP contribution >= 0.6 is 11.8 Å². The van der Waals surface area contributed by atoms with Crippen LogP contribution in [0.15, 0.2) is 0 Å². The average Bonchev–Trinajstić information content (AvgIpc) is 2.11. The molecular formula is C9H18O4S. The summed E-state index contributed by atoms with van der Waals surface area (Å²) >= 11 is 1.22. The van der Waals surface area contributed by atoms with Crippen molar-refractivity contribution in [1.82, 2.24) is 0 Å². The monoisotopic (exact) mass is 222 g/mol. The van der Waals surface area contributed by atoms with Crippen molar-refractivity contribution in [3.63, 3.8) is 0 Å². The number of thioether (sulfide) groups is 1. The molecule has 1 unspecified atom stereocenters. The second kappa shape index (κ2) is 6.27. The highest BCUT2D eigenvalue weighted by molar-refractivity contribution is 8.01. The third kappa shape index (κ3) is 5.47. The number of ether oxygens (including phenoxy) is 1. The van der Waals surface area contributed by atoms with E-state index < -0.39 is 16.8 Å². The lowest BCUT2D eigenvalue weighted by molar-refractivity contribution is -0.138. The predicted octanol–water partition coefficient (Wildman–Crippen LogP) is 0.980. The van der Waals surface area contributed by atoms with E-state index >= 15 is 0 Å². The second-order valence-electron chi connectivity index (χ2n) is 3.44. The maximum absolute atomic E-state index is 10.7. The Morgan fingerprint density at radius 1 is 1.57 bits per heavy atom. The molecule has 0 aliphatic carbocycles. The van der Waals surface area contributed by atoms with Gasteiger partial charge >= 0.3 is 5.97 Å². The third-order valence-corrected chi connectivity index (χ3v) is 3.11. The Morgan fingerprint density at radius 2 is 2.14 bits per heavy atom. The van der Waals surface area contributed by atoms with Crippen LogP contribution in [0.4, 0.5) is 0 Å². The van der Waals surface area contributed by atoms with Crippen molar-refractivity contribution in [3.8, 4) is 0 Å². The number of carbonyl (C=O) groups is 1. The van der Waals surface area contributed by atoms with Crippen LogP contribution in [0.1, 0.15) is 20.8 Å². The zero-order valence-electron chi connectivity index (χ0n) is 8.82. The molecular weight excluding hydrogens is 204 g/mol. The summed E-state index contributed by atoms with van der Waals surface area (Å²) in [6.45, 7) is 5.91. The summed E-state index contributed by atoms with van der Waals surface area (Å²) in [6.07, 6.45) is -0.599. The van der Waals surface area contributed by atoms with E-state index in [1.807, 2.05) is 6.92 Å². The second-order valence-corrected chi connectivity index (χ2v) is 5.08. The lowest BCUT2D eigenvalue weighted by Gasteiger charge is -2.20. The highest BCUT2D eigenvalue weighted by atomic mass is 32.2. The van der Waals surface area contributed by atoms with Gasteiger partial charge in [0, 0.05) is 12.4 Å². The number of hydrogen-bond donors (Lipinski definition) is 2. The van der Waals surface area contributed by atoms with Gasteiger partial charge in [0.2, 0.25) is 0 Å². The number of aliphatic hydroxyl groups is 1. The number of carboxylic acids is 1. The van der Waals surface area contributed by atoms with Crippen molar-refractivity contribution in [2.24, 2.45) is 0 Å². The van der Waals surface area contributed by atoms with Gasteiger partial charge in [0.15, 0.2) is 0 Å². The Bertz CT molecular complexity index is 182. The summed E-state index contributed by atoms with van der Waals surface area (Å²) in [5.74, 6) is -0.495. The van der Waals surface area contributed by atoms with Crippen LogP contribution < -0.4 is 0 Å². The van der Waals surface area contributed by atoms with E-state index in [0.29, 0.717) is 12.4 Å². The summed E-state index contributed by atoms with van der Waals surface area (Å²) < 4.78 is 4.16. The largest absolute Gasteiger partial charge is 0.480 e. The predicted molar refractivity (Wildman–Crippen MR) is 56.7 cm³/mol.